The van der Waals surface area contributed by atoms with Gasteiger partial charge in [0.05, 0.1) is 32.2 Å². The van der Waals surface area contributed by atoms with Gasteiger partial charge in [-0.05, 0) is 42.3 Å². The van der Waals surface area contributed by atoms with Crippen molar-refractivity contribution in [2.45, 2.75) is 19.4 Å². The SMILES string of the molecule is COC(=O)C1=C(N)Oc2cc(C)n(Cc3ccc4c(c3)OCO4)c(=O)c2[C@H]1c1cccc(OC)c1. The van der Waals surface area contributed by atoms with Gasteiger partial charge in [-0.3, -0.25) is 4.79 Å². The van der Waals surface area contributed by atoms with Gasteiger partial charge in [0, 0.05) is 11.8 Å². The Kier molecular flexibility index (Phi) is 5.60. The van der Waals surface area contributed by atoms with E-state index in [2.05, 4.69) is 0 Å². The molecule has 35 heavy (non-hydrogen) atoms. The summed E-state index contributed by atoms with van der Waals surface area (Å²) in [5.74, 6) is 0.578. The lowest BCUT2D eigenvalue weighted by atomic mass is 9.83. The Bertz CT molecular complexity index is 1420. The second kappa shape index (κ2) is 8.75. The molecule has 1 aromatic heterocycles. The summed E-state index contributed by atoms with van der Waals surface area (Å²) in [5, 5.41) is 0. The number of ether oxygens (including phenoxy) is 5. The first-order valence-electron chi connectivity index (χ1n) is 10.9. The summed E-state index contributed by atoms with van der Waals surface area (Å²) in [6.45, 7) is 2.26. The highest BCUT2D eigenvalue weighted by molar-refractivity contribution is 5.92. The second-order valence-electron chi connectivity index (χ2n) is 8.22. The first kappa shape index (κ1) is 22.4. The summed E-state index contributed by atoms with van der Waals surface area (Å²) in [6.07, 6.45) is 0. The number of hydrogen-bond acceptors (Lipinski definition) is 8. The summed E-state index contributed by atoms with van der Waals surface area (Å²) in [4.78, 5) is 26.7. The molecule has 0 unspecified atom stereocenters. The van der Waals surface area contributed by atoms with Crippen LogP contribution < -0.4 is 30.2 Å². The quantitative estimate of drug-likeness (QED) is 0.560. The van der Waals surface area contributed by atoms with E-state index >= 15 is 0 Å². The van der Waals surface area contributed by atoms with Gasteiger partial charge in [-0.2, -0.15) is 0 Å². The molecule has 0 radical (unpaired) electrons. The average Bonchev–Trinajstić information content (AvgIpc) is 3.33. The van der Waals surface area contributed by atoms with Crippen molar-refractivity contribution >= 4 is 5.97 Å². The molecule has 0 saturated carbocycles. The largest absolute Gasteiger partial charge is 0.497 e. The summed E-state index contributed by atoms with van der Waals surface area (Å²) < 4.78 is 28.6. The maximum absolute atomic E-state index is 14.0. The molecule has 180 valence electrons. The van der Waals surface area contributed by atoms with E-state index in [9.17, 15) is 9.59 Å². The van der Waals surface area contributed by atoms with Crippen molar-refractivity contribution in [3.05, 3.63) is 92.7 Å². The number of aromatic nitrogens is 1. The Morgan fingerprint density at radius 1 is 1.09 bits per heavy atom. The first-order valence-corrected chi connectivity index (χ1v) is 10.9. The molecule has 2 aliphatic rings. The molecule has 5 rings (SSSR count). The number of aryl methyl sites for hydroxylation is 1. The van der Waals surface area contributed by atoms with Crippen molar-refractivity contribution in [1.82, 2.24) is 4.57 Å². The van der Waals surface area contributed by atoms with Crippen LogP contribution in [0, 0.1) is 6.92 Å². The zero-order valence-electron chi connectivity index (χ0n) is 19.5. The number of carbonyl (C=O) groups is 1. The molecular weight excluding hydrogens is 452 g/mol. The van der Waals surface area contributed by atoms with Gasteiger partial charge < -0.3 is 34.0 Å². The van der Waals surface area contributed by atoms with E-state index in [1.54, 1.807) is 42.0 Å². The number of methoxy groups -OCH3 is 2. The fourth-order valence-electron chi connectivity index (χ4n) is 4.47. The molecule has 3 heterocycles. The van der Waals surface area contributed by atoms with Crippen molar-refractivity contribution in [3.8, 4) is 23.0 Å². The molecule has 0 fully saturated rings. The van der Waals surface area contributed by atoms with Crippen LogP contribution >= 0.6 is 0 Å². The number of esters is 1. The monoisotopic (exact) mass is 476 g/mol. The van der Waals surface area contributed by atoms with E-state index < -0.39 is 11.9 Å². The molecule has 3 aromatic rings. The van der Waals surface area contributed by atoms with Crippen LogP contribution in [0.4, 0.5) is 0 Å². The normalized spacial score (nSPS) is 15.9. The lowest BCUT2D eigenvalue weighted by Crippen LogP contribution is -2.35. The van der Waals surface area contributed by atoms with E-state index in [1.807, 2.05) is 25.1 Å². The van der Waals surface area contributed by atoms with Crippen LogP contribution in [0.2, 0.25) is 0 Å². The van der Waals surface area contributed by atoms with Crippen LogP contribution in [0.1, 0.15) is 28.3 Å². The molecule has 9 nitrogen and oxygen atoms in total. The predicted octanol–water partition coefficient (Wildman–Crippen LogP) is 2.81. The topological polar surface area (TPSA) is 111 Å². The molecule has 2 N–H and O–H groups in total. The smallest absolute Gasteiger partial charge is 0.340 e. The van der Waals surface area contributed by atoms with Gasteiger partial charge in [-0.15, -0.1) is 0 Å². The van der Waals surface area contributed by atoms with Crippen LogP contribution in [0.5, 0.6) is 23.0 Å². The van der Waals surface area contributed by atoms with E-state index in [-0.39, 0.29) is 30.4 Å². The highest BCUT2D eigenvalue weighted by Crippen LogP contribution is 2.42. The maximum atomic E-state index is 14.0. The van der Waals surface area contributed by atoms with E-state index in [1.165, 1.54) is 7.11 Å². The zero-order valence-corrected chi connectivity index (χ0v) is 19.5. The standard InChI is InChI=1S/C26H24N2O7/c1-14-9-20-22(25(29)28(14)12-15-7-8-18-19(10-15)34-13-33-18)21(16-5-4-6-17(11-16)31-2)23(24(27)35-20)26(30)32-3/h4-11,21H,12-13,27H2,1-3H3/t21-/m1/s1. The summed E-state index contributed by atoms with van der Waals surface area (Å²) in [6, 6.07) is 14.4. The molecule has 0 amide bonds. The maximum Gasteiger partial charge on any atom is 0.340 e. The molecule has 2 aromatic carbocycles. The first-order chi connectivity index (χ1) is 16.9. The third-order valence-corrected chi connectivity index (χ3v) is 6.18. The molecule has 1 atom stereocenters. The molecule has 2 aliphatic heterocycles. The Labute approximate surface area is 201 Å². The fraction of sp³-hybridized carbons (Fsp3) is 0.231. The third kappa shape index (κ3) is 3.84. The number of hydrogen-bond donors (Lipinski definition) is 1. The number of nitrogens with zero attached hydrogens (tertiary/aromatic N) is 1. The van der Waals surface area contributed by atoms with Crippen molar-refractivity contribution in [2.24, 2.45) is 5.73 Å². The second-order valence-corrected chi connectivity index (χ2v) is 8.22. The van der Waals surface area contributed by atoms with Crippen molar-refractivity contribution < 1.29 is 28.5 Å². The zero-order chi connectivity index (χ0) is 24.7. The summed E-state index contributed by atoms with van der Waals surface area (Å²) in [7, 11) is 2.80. The summed E-state index contributed by atoms with van der Waals surface area (Å²) in [5.41, 5.74) is 8.39. The van der Waals surface area contributed by atoms with Gasteiger partial charge in [0.2, 0.25) is 12.7 Å². The van der Waals surface area contributed by atoms with E-state index in [0.717, 1.165) is 5.56 Å². The van der Waals surface area contributed by atoms with Crippen molar-refractivity contribution in [2.75, 3.05) is 21.0 Å². The molecular formula is C26H24N2O7. The fourth-order valence-corrected chi connectivity index (χ4v) is 4.47. The van der Waals surface area contributed by atoms with Gasteiger partial charge in [0.1, 0.15) is 17.1 Å². The van der Waals surface area contributed by atoms with Crippen molar-refractivity contribution in [1.29, 1.82) is 0 Å². The van der Waals surface area contributed by atoms with Crippen LogP contribution in [0.3, 0.4) is 0 Å². The van der Waals surface area contributed by atoms with Crippen molar-refractivity contribution in [3.63, 3.8) is 0 Å². The Balaban J connectivity index is 1.67. The molecule has 0 aliphatic carbocycles. The molecule has 0 saturated heterocycles. The van der Waals surface area contributed by atoms with Crippen LogP contribution in [0.15, 0.2) is 64.8 Å². The molecule has 0 bridgehead atoms. The van der Waals surface area contributed by atoms with Gasteiger partial charge >= 0.3 is 5.97 Å². The Morgan fingerprint density at radius 3 is 2.66 bits per heavy atom. The lowest BCUT2D eigenvalue weighted by molar-refractivity contribution is -0.136. The number of rotatable bonds is 5. The van der Waals surface area contributed by atoms with Gasteiger partial charge in [0.25, 0.3) is 5.56 Å². The minimum absolute atomic E-state index is 0.0591. The molecule has 0 spiro atoms. The van der Waals surface area contributed by atoms with E-state index in [0.29, 0.717) is 39.8 Å². The average molecular weight is 476 g/mol. The highest BCUT2D eigenvalue weighted by Gasteiger charge is 2.38. The highest BCUT2D eigenvalue weighted by atomic mass is 16.7. The Morgan fingerprint density at radius 2 is 1.89 bits per heavy atom. The van der Waals surface area contributed by atoms with Gasteiger partial charge in [0.15, 0.2) is 11.5 Å². The number of carbonyl (C=O) groups excluding carboxylic acids is 1. The van der Waals surface area contributed by atoms with Crippen LogP contribution in [-0.2, 0) is 16.1 Å². The third-order valence-electron chi connectivity index (χ3n) is 6.18. The van der Waals surface area contributed by atoms with Crippen LogP contribution in [0.25, 0.3) is 0 Å². The number of pyridine rings is 1. The molecule has 9 heteroatoms. The van der Waals surface area contributed by atoms with Crippen LogP contribution in [-0.4, -0.2) is 31.5 Å². The van der Waals surface area contributed by atoms with Gasteiger partial charge in [-0.25, -0.2) is 4.79 Å². The number of benzene rings is 2. The minimum atomic E-state index is -0.808. The Hall–Kier alpha value is -4.40. The predicted molar refractivity (Wildman–Crippen MR) is 126 cm³/mol. The van der Waals surface area contributed by atoms with E-state index in [4.69, 9.17) is 29.4 Å². The minimum Gasteiger partial charge on any atom is -0.497 e. The number of nitrogens with two attached hydrogens (primary N) is 1. The summed E-state index contributed by atoms with van der Waals surface area (Å²) >= 11 is 0. The lowest BCUT2D eigenvalue weighted by Gasteiger charge is -2.29. The number of fused-ring (bicyclic) bond motifs is 2. The van der Waals surface area contributed by atoms with Gasteiger partial charge in [-0.1, -0.05) is 18.2 Å².